The Morgan fingerprint density at radius 3 is 2.40 bits per heavy atom. The Morgan fingerprint density at radius 1 is 1.00 bits per heavy atom. The van der Waals surface area contributed by atoms with Crippen LogP contribution in [0.4, 0.5) is 0 Å². The molecule has 25 heavy (non-hydrogen) atoms. The second-order valence-electron chi connectivity index (χ2n) is 6.13. The van der Waals surface area contributed by atoms with Gasteiger partial charge in [-0.3, -0.25) is 4.99 Å². The summed E-state index contributed by atoms with van der Waals surface area (Å²) >= 11 is 0. The van der Waals surface area contributed by atoms with Crippen LogP contribution in [0.3, 0.4) is 0 Å². The van der Waals surface area contributed by atoms with Crippen LogP contribution in [-0.4, -0.2) is 19.0 Å². The lowest BCUT2D eigenvalue weighted by atomic mass is 10.2. The van der Waals surface area contributed by atoms with E-state index in [-0.39, 0.29) is 0 Å². The Morgan fingerprint density at radius 2 is 1.72 bits per heavy atom. The minimum atomic E-state index is 0.458. The topological polar surface area (TPSA) is 45.7 Å². The molecule has 0 aliphatic heterocycles. The van der Waals surface area contributed by atoms with Crippen LogP contribution >= 0.6 is 0 Å². The van der Waals surface area contributed by atoms with Gasteiger partial charge in [-0.25, -0.2) is 0 Å². The molecule has 0 unspecified atom stereocenters. The van der Waals surface area contributed by atoms with Crippen molar-refractivity contribution in [1.29, 1.82) is 0 Å². The minimum absolute atomic E-state index is 0.458. The van der Waals surface area contributed by atoms with E-state index in [9.17, 15) is 0 Å². The van der Waals surface area contributed by atoms with Gasteiger partial charge in [-0.05, 0) is 36.1 Å². The zero-order valence-corrected chi connectivity index (χ0v) is 14.6. The van der Waals surface area contributed by atoms with E-state index in [1.165, 1.54) is 11.1 Å². The Bertz CT molecular complexity index is 700. The third-order valence-electron chi connectivity index (χ3n) is 4.20. The number of benzene rings is 2. The van der Waals surface area contributed by atoms with Gasteiger partial charge in [0, 0.05) is 19.6 Å². The van der Waals surface area contributed by atoms with Gasteiger partial charge in [0.05, 0.1) is 0 Å². The summed E-state index contributed by atoms with van der Waals surface area (Å²) in [6, 6.07) is 18.8. The number of nitrogens with zero attached hydrogens (tertiary/aromatic N) is 1. The number of rotatable bonds is 6. The third kappa shape index (κ3) is 5.38. The maximum Gasteiger partial charge on any atom is 0.191 e. The van der Waals surface area contributed by atoms with Crippen molar-refractivity contribution in [3.05, 3.63) is 77.9 Å². The number of hydrogen-bond acceptors (Lipinski definition) is 2. The molecule has 4 heteroatoms. The molecule has 2 aromatic carbocycles. The molecule has 1 aliphatic carbocycles. The SMILES string of the molecule is CN=C(NCc1ccc(OCc2ccccc2)cc1)NC1CC=CC1. The van der Waals surface area contributed by atoms with Gasteiger partial charge >= 0.3 is 0 Å². The van der Waals surface area contributed by atoms with Gasteiger partial charge in [0.25, 0.3) is 0 Å². The summed E-state index contributed by atoms with van der Waals surface area (Å²) in [7, 11) is 1.80. The molecule has 0 radical (unpaired) electrons. The second kappa shape index (κ2) is 8.92. The number of nitrogens with one attached hydrogen (secondary N) is 2. The van der Waals surface area contributed by atoms with Crippen molar-refractivity contribution < 1.29 is 4.74 Å². The molecule has 130 valence electrons. The maximum atomic E-state index is 5.82. The molecular weight excluding hydrogens is 310 g/mol. The van der Waals surface area contributed by atoms with Gasteiger partial charge in [-0.2, -0.15) is 0 Å². The van der Waals surface area contributed by atoms with Crippen LogP contribution in [0.1, 0.15) is 24.0 Å². The zero-order valence-electron chi connectivity index (χ0n) is 14.6. The molecule has 0 amide bonds. The standard InChI is InChI=1S/C21H25N3O/c1-22-21(24-19-9-5-6-10-19)23-15-17-11-13-20(14-12-17)25-16-18-7-3-2-4-8-18/h2-8,11-14,19H,9-10,15-16H2,1H3,(H2,22,23,24). The average molecular weight is 335 g/mol. The highest BCUT2D eigenvalue weighted by molar-refractivity contribution is 5.80. The molecule has 3 rings (SSSR count). The predicted octanol–water partition coefficient (Wildman–Crippen LogP) is 3.65. The fraction of sp³-hybridized carbons (Fsp3) is 0.286. The van der Waals surface area contributed by atoms with E-state index in [1.54, 1.807) is 7.05 Å². The first-order valence-electron chi connectivity index (χ1n) is 8.71. The Labute approximate surface area is 149 Å². The number of aliphatic imine (C=N–C) groups is 1. The summed E-state index contributed by atoms with van der Waals surface area (Å²) in [5, 5.41) is 6.80. The zero-order chi connectivity index (χ0) is 17.3. The Balaban J connectivity index is 1.45. The predicted molar refractivity (Wildman–Crippen MR) is 103 cm³/mol. The maximum absolute atomic E-state index is 5.82. The molecule has 4 nitrogen and oxygen atoms in total. The van der Waals surface area contributed by atoms with Gasteiger partial charge in [0.2, 0.25) is 0 Å². The highest BCUT2D eigenvalue weighted by Gasteiger charge is 2.11. The summed E-state index contributed by atoms with van der Waals surface area (Å²) < 4.78 is 5.82. The van der Waals surface area contributed by atoms with Crippen molar-refractivity contribution in [1.82, 2.24) is 10.6 Å². The Kier molecular flexibility index (Phi) is 6.10. The van der Waals surface area contributed by atoms with Crippen molar-refractivity contribution in [2.75, 3.05) is 7.05 Å². The van der Waals surface area contributed by atoms with Crippen molar-refractivity contribution in [2.45, 2.75) is 32.0 Å². The average Bonchev–Trinajstić information content (AvgIpc) is 3.18. The third-order valence-corrected chi connectivity index (χ3v) is 4.20. The van der Waals surface area contributed by atoms with Gasteiger partial charge in [-0.1, -0.05) is 54.6 Å². The number of hydrogen-bond donors (Lipinski definition) is 2. The van der Waals surface area contributed by atoms with Crippen LogP contribution < -0.4 is 15.4 Å². The molecule has 0 saturated heterocycles. The van der Waals surface area contributed by atoms with E-state index in [2.05, 4.69) is 52.0 Å². The molecule has 0 saturated carbocycles. The van der Waals surface area contributed by atoms with Gasteiger partial charge in [-0.15, -0.1) is 0 Å². The van der Waals surface area contributed by atoms with E-state index in [1.807, 2.05) is 30.3 Å². The smallest absolute Gasteiger partial charge is 0.191 e. The molecule has 1 aliphatic rings. The highest BCUT2D eigenvalue weighted by atomic mass is 16.5. The molecule has 2 aromatic rings. The molecule has 0 bridgehead atoms. The van der Waals surface area contributed by atoms with Crippen LogP contribution in [0.15, 0.2) is 71.7 Å². The molecule has 0 heterocycles. The van der Waals surface area contributed by atoms with Crippen LogP contribution in [0.2, 0.25) is 0 Å². The first-order chi connectivity index (χ1) is 12.3. The van der Waals surface area contributed by atoms with Gasteiger partial charge in [0.1, 0.15) is 12.4 Å². The molecule has 0 atom stereocenters. The summed E-state index contributed by atoms with van der Waals surface area (Å²) in [6.45, 7) is 1.32. The molecule has 0 spiro atoms. The minimum Gasteiger partial charge on any atom is -0.489 e. The van der Waals surface area contributed by atoms with E-state index < -0.39 is 0 Å². The number of guanidine groups is 1. The quantitative estimate of drug-likeness (QED) is 0.481. The van der Waals surface area contributed by atoms with Crippen molar-refractivity contribution >= 4 is 5.96 Å². The molecule has 0 fully saturated rings. The largest absolute Gasteiger partial charge is 0.489 e. The van der Waals surface area contributed by atoms with Crippen molar-refractivity contribution in [2.24, 2.45) is 4.99 Å². The first-order valence-corrected chi connectivity index (χ1v) is 8.71. The van der Waals surface area contributed by atoms with E-state index in [0.717, 1.165) is 31.1 Å². The monoisotopic (exact) mass is 335 g/mol. The lowest BCUT2D eigenvalue weighted by molar-refractivity contribution is 0.306. The van der Waals surface area contributed by atoms with E-state index in [0.29, 0.717) is 12.6 Å². The summed E-state index contributed by atoms with van der Waals surface area (Å²) in [5.41, 5.74) is 2.36. The van der Waals surface area contributed by atoms with Crippen LogP contribution in [-0.2, 0) is 13.2 Å². The van der Waals surface area contributed by atoms with Gasteiger partial charge < -0.3 is 15.4 Å². The fourth-order valence-corrected chi connectivity index (χ4v) is 2.75. The van der Waals surface area contributed by atoms with E-state index in [4.69, 9.17) is 4.74 Å². The molecular formula is C21H25N3O. The Hall–Kier alpha value is -2.75. The van der Waals surface area contributed by atoms with E-state index >= 15 is 0 Å². The molecule has 0 aromatic heterocycles. The van der Waals surface area contributed by atoms with Crippen LogP contribution in [0.5, 0.6) is 5.75 Å². The lowest BCUT2D eigenvalue weighted by Gasteiger charge is -2.17. The van der Waals surface area contributed by atoms with Gasteiger partial charge in [0.15, 0.2) is 5.96 Å². The van der Waals surface area contributed by atoms with Crippen LogP contribution in [0.25, 0.3) is 0 Å². The second-order valence-corrected chi connectivity index (χ2v) is 6.13. The highest BCUT2D eigenvalue weighted by Crippen LogP contribution is 2.14. The molecule has 2 N–H and O–H groups in total. The van der Waals surface area contributed by atoms with Crippen molar-refractivity contribution in [3.63, 3.8) is 0 Å². The van der Waals surface area contributed by atoms with Crippen molar-refractivity contribution in [3.8, 4) is 5.75 Å². The summed E-state index contributed by atoms with van der Waals surface area (Å²) in [5.74, 6) is 1.73. The number of ether oxygens (including phenoxy) is 1. The summed E-state index contributed by atoms with van der Waals surface area (Å²) in [4.78, 5) is 4.29. The normalized spacial score (nSPS) is 14.5. The fourth-order valence-electron chi connectivity index (χ4n) is 2.75. The first kappa shape index (κ1) is 17.1. The summed E-state index contributed by atoms with van der Waals surface area (Å²) in [6.07, 6.45) is 6.54. The van der Waals surface area contributed by atoms with Crippen LogP contribution in [0, 0.1) is 0 Å². The lowest BCUT2D eigenvalue weighted by Crippen LogP contribution is -2.42.